The molecule has 0 bridgehead atoms. The number of hydrogen-bond acceptors (Lipinski definition) is 0. The number of aromatic nitrogens is 3. The second kappa shape index (κ2) is 16.9. The van der Waals surface area contributed by atoms with Crippen LogP contribution in [-0.2, 0) is 5.41 Å². The summed E-state index contributed by atoms with van der Waals surface area (Å²) in [6.45, 7) is 5.82. The van der Waals surface area contributed by atoms with Gasteiger partial charge in [0.25, 0.3) is 0 Å². The van der Waals surface area contributed by atoms with Crippen molar-refractivity contribution in [1.29, 1.82) is 0 Å². The lowest BCUT2D eigenvalue weighted by Gasteiger charge is -2.41. The van der Waals surface area contributed by atoms with E-state index in [1.165, 1.54) is 0 Å². The van der Waals surface area contributed by atoms with Crippen LogP contribution in [0.2, 0.25) is 0 Å². The van der Waals surface area contributed by atoms with E-state index in [9.17, 15) is 8.22 Å². The highest BCUT2D eigenvalue weighted by Gasteiger charge is 2.48. The maximum absolute atomic E-state index is 9.54. The largest absolute Gasteiger partial charge is 0.354 e. The van der Waals surface area contributed by atoms with Crippen molar-refractivity contribution >= 4 is 83.8 Å². The van der Waals surface area contributed by atoms with Gasteiger partial charge in [0, 0.05) is 55.0 Å². The molecule has 1 N–H and O–H groups in total. The molecule has 2 aliphatic heterocycles. The summed E-state index contributed by atoms with van der Waals surface area (Å²) in [4.78, 5) is 4.04. The predicted octanol–water partition coefficient (Wildman–Crippen LogP) is 18.5. The molecule has 0 radical (unpaired) electrons. The average molecular weight is 1040 g/mol. The molecule has 376 valence electrons. The quantitative estimate of drug-likeness (QED) is 0.161. The third-order valence-electron chi connectivity index (χ3n) is 17.3. The minimum atomic E-state index is -0.650. The number of H-pyrrole nitrogens is 1. The summed E-state index contributed by atoms with van der Waals surface area (Å²) in [5, 5.41) is 4.08. The Bertz CT molecular complexity index is 5810. The van der Waals surface area contributed by atoms with Crippen molar-refractivity contribution in [1.82, 2.24) is 14.1 Å². The molecule has 0 amide bonds. The lowest BCUT2D eigenvalue weighted by molar-refractivity contribution is 0.591. The lowest BCUT2D eigenvalue weighted by atomic mass is 9.29. The molecule has 0 saturated carbocycles. The minimum Gasteiger partial charge on any atom is -0.354 e. The van der Waals surface area contributed by atoms with Crippen LogP contribution < -0.4 is 10.9 Å². The van der Waals surface area contributed by atoms with Gasteiger partial charge in [-0.25, -0.2) is 0 Å². The van der Waals surface area contributed by atoms with Crippen molar-refractivity contribution in [2.45, 2.75) is 38.4 Å². The van der Waals surface area contributed by atoms with Gasteiger partial charge in [0.05, 0.1) is 48.3 Å². The van der Waals surface area contributed by atoms with E-state index in [0.717, 1.165) is 111 Å². The molecule has 5 heterocycles. The highest BCUT2D eigenvalue weighted by Crippen LogP contribution is 2.53. The molecule has 80 heavy (non-hydrogen) atoms. The Hall–Kier alpha value is -9.64. The third kappa shape index (κ3) is 6.51. The SMILES string of the molecule is [2H]c1c([2H])c([2H])c(C2=Cc3c4n(c5ccc(-c6c([2H])c([2H])c([2H])c([2H])c6[2H])cc35)-c3c5c(cc6[nH]c7c(-c8ccccc8-c8ccccc8-c8ccccc8)cccc7c36)-n3c6ccc(C(C)(C)C)cc6c6cc(-c7c([2H])c([2H])c([2H])c([2H])c7[2H])cc(c63)B5C4C2)c([2H])c1[2H]. The number of para-hydroxylation sites is 1. The summed E-state index contributed by atoms with van der Waals surface area (Å²) < 4.78 is 141. The summed E-state index contributed by atoms with van der Waals surface area (Å²) in [5.74, 6) is -0.615. The monoisotopic (exact) mass is 1030 g/mol. The number of hydrogen-bond donors (Lipinski definition) is 1. The maximum Gasteiger partial charge on any atom is 0.226 e. The van der Waals surface area contributed by atoms with Crippen LogP contribution in [-0.4, -0.2) is 20.8 Å². The molecule has 3 aliphatic rings. The van der Waals surface area contributed by atoms with Crippen LogP contribution in [0, 0.1) is 0 Å². The van der Waals surface area contributed by atoms with E-state index < -0.39 is 66.9 Å². The molecule has 17 rings (SSSR count). The molecule has 14 aromatic rings. The Labute approximate surface area is 486 Å². The standard InChI is InChI=1S/C76H54BN3/c1-76(2,3)53-36-38-67-61(44-53)63-41-52(48-25-12-6-13-26-48)42-64-73(63)79(67)69-45-66-70(59-34-20-33-58(72(59)78-66)57-32-19-18-31-56(57)55-30-17-16-29-54(55)49-27-14-7-15-28-49)75-71(69)77(64)65-43-51(47-23-10-5-11-24-47)40-62-60-39-50(46-21-8-4-9-22-46)35-37-68(60)80(75)74(62)65/h4-42,44-45,65,78H,43H2,1-3H3/i4D,5D,6D,8D,9D,10D,11D,12D,13D,21D,22D,23D,24D,25D,26D. The van der Waals surface area contributed by atoms with E-state index in [0.29, 0.717) is 33.2 Å². The molecular weight excluding hydrogens is 966 g/mol. The van der Waals surface area contributed by atoms with Crippen LogP contribution in [0.1, 0.15) is 76.0 Å². The third-order valence-corrected chi connectivity index (χ3v) is 17.3. The van der Waals surface area contributed by atoms with Crippen molar-refractivity contribution in [3.05, 3.63) is 265 Å². The Kier molecular flexibility index (Phi) is 6.97. The van der Waals surface area contributed by atoms with E-state index in [2.05, 4.69) is 138 Å². The first-order valence-electron chi connectivity index (χ1n) is 34.6. The van der Waals surface area contributed by atoms with E-state index in [-0.39, 0.29) is 64.8 Å². The molecule has 1 atom stereocenters. The number of nitrogens with zero attached hydrogens (tertiary/aromatic N) is 2. The van der Waals surface area contributed by atoms with Crippen LogP contribution in [0.4, 0.5) is 0 Å². The Balaban J connectivity index is 1.05. The number of rotatable bonds is 6. The number of nitrogens with one attached hydrogen (secondary N) is 1. The summed E-state index contributed by atoms with van der Waals surface area (Å²) in [5.41, 5.74) is 17.1. The van der Waals surface area contributed by atoms with E-state index in [4.69, 9.17) is 12.3 Å². The highest BCUT2D eigenvalue weighted by atomic mass is 15.1. The summed E-state index contributed by atoms with van der Waals surface area (Å²) >= 11 is 0. The molecule has 1 aliphatic carbocycles. The van der Waals surface area contributed by atoms with Crippen LogP contribution in [0.25, 0.3) is 133 Å². The van der Waals surface area contributed by atoms with Gasteiger partial charge in [0.1, 0.15) is 0 Å². The number of fused-ring (bicyclic) bond motifs is 14. The second-order valence-electron chi connectivity index (χ2n) is 22.5. The summed E-state index contributed by atoms with van der Waals surface area (Å²) in [7, 11) is 0. The molecular formula is C76H54BN3. The smallest absolute Gasteiger partial charge is 0.226 e. The normalized spacial score (nSPS) is 16.9. The van der Waals surface area contributed by atoms with Gasteiger partial charge < -0.3 is 14.1 Å². The zero-order valence-electron chi connectivity index (χ0n) is 58.8. The fourth-order valence-corrected chi connectivity index (χ4v) is 13.9. The van der Waals surface area contributed by atoms with Crippen molar-refractivity contribution in [2.75, 3.05) is 0 Å². The van der Waals surface area contributed by atoms with E-state index >= 15 is 0 Å². The van der Waals surface area contributed by atoms with Crippen molar-refractivity contribution in [2.24, 2.45) is 0 Å². The van der Waals surface area contributed by atoms with Crippen molar-refractivity contribution in [3.8, 4) is 67.0 Å². The number of aromatic amines is 1. The van der Waals surface area contributed by atoms with Gasteiger partial charge in [-0.1, -0.05) is 227 Å². The molecule has 4 heteroatoms. The first kappa shape index (κ1) is 33.0. The van der Waals surface area contributed by atoms with E-state index in [1.807, 2.05) is 48.5 Å². The van der Waals surface area contributed by atoms with Crippen LogP contribution >= 0.6 is 0 Å². The van der Waals surface area contributed by atoms with Crippen LogP contribution in [0.3, 0.4) is 0 Å². The second-order valence-corrected chi connectivity index (χ2v) is 22.5. The van der Waals surface area contributed by atoms with Gasteiger partial charge in [0.2, 0.25) is 6.71 Å². The van der Waals surface area contributed by atoms with Gasteiger partial charge in [-0.15, -0.1) is 0 Å². The van der Waals surface area contributed by atoms with Gasteiger partial charge >= 0.3 is 0 Å². The first-order valence-corrected chi connectivity index (χ1v) is 27.1. The molecule has 0 fully saturated rings. The molecule has 0 spiro atoms. The topological polar surface area (TPSA) is 25.6 Å². The number of benzene rings is 11. The van der Waals surface area contributed by atoms with Crippen molar-refractivity contribution in [3.63, 3.8) is 0 Å². The van der Waals surface area contributed by atoms with Crippen LogP contribution in [0.5, 0.6) is 0 Å². The summed E-state index contributed by atoms with van der Waals surface area (Å²) in [6.07, 6.45) is 2.05. The molecule has 3 aromatic heterocycles. The Morgan fingerprint density at radius 1 is 0.500 bits per heavy atom. The fraction of sp³-hybridized carbons (Fsp3) is 0.0789. The average Bonchev–Trinajstić information content (AvgIpc) is 1.54. The van der Waals surface area contributed by atoms with Gasteiger partial charge in [-0.05, 0) is 138 Å². The zero-order chi connectivity index (χ0) is 66.0. The number of allylic oxidation sites excluding steroid dienone is 1. The van der Waals surface area contributed by atoms with Crippen molar-refractivity contribution < 1.29 is 20.6 Å². The fourth-order valence-electron chi connectivity index (χ4n) is 13.9. The Morgan fingerprint density at radius 3 is 1.84 bits per heavy atom. The zero-order valence-corrected chi connectivity index (χ0v) is 43.8. The molecule has 3 nitrogen and oxygen atoms in total. The van der Waals surface area contributed by atoms with E-state index in [1.54, 1.807) is 6.07 Å². The molecule has 1 unspecified atom stereocenters. The minimum absolute atomic E-state index is 0.000793. The predicted molar refractivity (Wildman–Crippen MR) is 340 cm³/mol. The Morgan fingerprint density at radius 2 is 1.11 bits per heavy atom. The maximum atomic E-state index is 9.54. The van der Waals surface area contributed by atoms with Gasteiger partial charge in [-0.3, -0.25) is 0 Å². The van der Waals surface area contributed by atoms with Gasteiger partial charge in [0.15, 0.2) is 0 Å². The summed E-state index contributed by atoms with van der Waals surface area (Å²) in [6, 6.07) is 45.1. The lowest BCUT2D eigenvalue weighted by Crippen LogP contribution is -2.56. The molecule has 0 saturated heterocycles. The highest BCUT2D eigenvalue weighted by molar-refractivity contribution is 6.91. The molecule has 11 aromatic carbocycles. The van der Waals surface area contributed by atoms with Gasteiger partial charge in [-0.2, -0.15) is 0 Å². The first-order chi connectivity index (χ1) is 45.5. The van der Waals surface area contributed by atoms with Crippen LogP contribution in [0.15, 0.2) is 242 Å².